The van der Waals surface area contributed by atoms with Crippen molar-refractivity contribution in [1.82, 2.24) is 9.97 Å². The van der Waals surface area contributed by atoms with Crippen LogP contribution in [0.25, 0.3) is 10.2 Å². The van der Waals surface area contributed by atoms with Gasteiger partial charge in [-0.1, -0.05) is 11.8 Å². The molecule has 0 aromatic carbocycles. The highest BCUT2D eigenvalue weighted by Gasteiger charge is 2.26. The lowest BCUT2D eigenvalue weighted by Crippen LogP contribution is -2.13. The molecule has 3 rings (SSSR count). The van der Waals surface area contributed by atoms with Crippen LogP contribution in [0.2, 0.25) is 0 Å². The molecule has 0 saturated carbocycles. The van der Waals surface area contributed by atoms with Crippen molar-refractivity contribution in [2.24, 2.45) is 0 Å². The van der Waals surface area contributed by atoms with E-state index >= 15 is 0 Å². The molecule has 102 valence electrons. The number of nitrogens with one attached hydrogen (secondary N) is 1. The maximum Gasteiger partial charge on any atom is 0.224 e. The maximum atomic E-state index is 5.63. The number of aromatic nitrogens is 2. The summed E-state index contributed by atoms with van der Waals surface area (Å²) in [6.07, 6.45) is 1.39. The normalized spacial score (nSPS) is 23.1. The van der Waals surface area contributed by atoms with Crippen LogP contribution in [0.15, 0.2) is 11.1 Å². The van der Waals surface area contributed by atoms with E-state index in [4.69, 9.17) is 4.74 Å². The lowest BCUT2D eigenvalue weighted by molar-refractivity contribution is 0.127. The SMILES string of the molecule is CNc1nc(SC2CCOC2C)c2cc(C)sc2n1. The highest BCUT2D eigenvalue weighted by atomic mass is 32.2. The second-order valence-corrected chi connectivity index (χ2v) is 7.16. The Bertz CT molecular complexity index is 599. The molecule has 1 N–H and O–H groups in total. The third kappa shape index (κ3) is 2.57. The van der Waals surface area contributed by atoms with E-state index in [2.05, 4.69) is 35.2 Å². The van der Waals surface area contributed by atoms with Gasteiger partial charge in [0.25, 0.3) is 0 Å². The van der Waals surface area contributed by atoms with E-state index in [0.29, 0.717) is 17.3 Å². The number of rotatable bonds is 3. The Morgan fingerprint density at radius 1 is 1.47 bits per heavy atom. The third-order valence-electron chi connectivity index (χ3n) is 3.27. The fourth-order valence-corrected chi connectivity index (χ4v) is 4.36. The van der Waals surface area contributed by atoms with E-state index in [1.807, 2.05) is 18.8 Å². The van der Waals surface area contributed by atoms with E-state index in [1.165, 1.54) is 10.3 Å². The molecule has 2 aromatic rings. The number of hydrogen-bond acceptors (Lipinski definition) is 6. The van der Waals surface area contributed by atoms with Crippen molar-refractivity contribution in [1.29, 1.82) is 0 Å². The zero-order valence-corrected chi connectivity index (χ0v) is 12.9. The summed E-state index contributed by atoms with van der Waals surface area (Å²) in [5.74, 6) is 0.698. The first-order valence-corrected chi connectivity index (χ1v) is 8.11. The minimum Gasteiger partial charge on any atom is -0.377 e. The summed E-state index contributed by atoms with van der Waals surface area (Å²) in [7, 11) is 1.86. The zero-order valence-electron chi connectivity index (χ0n) is 11.3. The van der Waals surface area contributed by atoms with Crippen molar-refractivity contribution in [3.05, 3.63) is 10.9 Å². The van der Waals surface area contributed by atoms with Crippen LogP contribution in [0.3, 0.4) is 0 Å². The van der Waals surface area contributed by atoms with E-state index in [-0.39, 0.29) is 0 Å². The molecule has 0 radical (unpaired) electrons. The van der Waals surface area contributed by atoms with Crippen molar-refractivity contribution in [2.45, 2.75) is 36.6 Å². The van der Waals surface area contributed by atoms with Crippen LogP contribution < -0.4 is 5.32 Å². The number of ether oxygens (including phenoxy) is 1. The second kappa shape index (κ2) is 5.26. The number of thioether (sulfide) groups is 1. The van der Waals surface area contributed by atoms with Gasteiger partial charge in [0.05, 0.1) is 6.10 Å². The Morgan fingerprint density at radius 3 is 3.00 bits per heavy atom. The number of fused-ring (bicyclic) bond motifs is 1. The Hall–Kier alpha value is -0.850. The summed E-state index contributed by atoms with van der Waals surface area (Å²) in [6, 6.07) is 2.18. The summed E-state index contributed by atoms with van der Waals surface area (Å²) in [5, 5.41) is 5.78. The molecule has 2 unspecified atom stereocenters. The summed E-state index contributed by atoms with van der Waals surface area (Å²) in [6.45, 7) is 5.11. The predicted molar refractivity (Wildman–Crippen MR) is 81.4 cm³/mol. The Balaban J connectivity index is 2.00. The molecule has 0 bridgehead atoms. The predicted octanol–water partition coefficient (Wildman–Crippen LogP) is 3.31. The molecule has 19 heavy (non-hydrogen) atoms. The molecule has 2 aromatic heterocycles. The molecule has 3 heterocycles. The zero-order chi connectivity index (χ0) is 13.4. The van der Waals surface area contributed by atoms with Crippen LogP contribution >= 0.6 is 23.1 Å². The van der Waals surface area contributed by atoms with Crippen LogP contribution in [-0.2, 0) is 4.74 Å². The lowest BCUT2D eigenvalue weighted by atomic mass is 10.3. The number of nitrogens with zero attached hydrogens (tertiary/aromatic N) is 2. The number of aryl methyl sites for hydroxylation is 1. The summed E-state index contributed by atoms with van der Waals surface area (Å²) in [5.41, 5.74) is 0. The number of thiophene rings is 1. The van der Waals surface area contributed by atoms with Gasteiger partial charge in [0.15, 0.2) is 0 Å². The molecule has 2 atom stereocenters. The van der Waals surface area contributed by atoms with Crippen LogP contribution in [0.1, 0.15) is 18.2 Å². The van der Waals surface area contributed by atoms with Gasteiger partial charge in [0.2, 0.25) is 5.95 Å². The molecule has 1 fully saturated rings. The monoisotopic (exact) mass is 295 g/mol. The van der Waals surface area contributed by atoms with Gasteiger partial charge in [-0.25, -0.2) is 9.97 Å². The van der Waals surface area contributed by atoms with Crippen LogP contribution in [0, 0.1) is 6.92 Å². The molecule has 0 amide bonds. The number of hydrogen-bond donors (Lipinski definition) is 1. The Kier molecular flexibility index (Phi) is 3.64. The standard InChI is InChI=1S/C13H17N3OS2/c1-7-6-9-11(18-7)15-13(14-3)16-12(9)19-10-4-5-17-8(10)2/h6,8,10H,4-5H2,1-3H3,(H,14,15,16). The Morgan fingerprint density at radius 2 is 2.32 bits per heavy atom. The molecular weight excluding hydrogens is 278 g/mol. The fourth-order valence-electron chi connectivity index (χ4n) is 2.23. The second-order valence-electron chi connectivity index (χ2n) is 4.70. The van der Waals surface area contributed by atoms with Gasteiger partial charge in [0.1, 0.15) is 9.86 Å². The minimum atomic E-state index is 0.299. The minimum absolute atomic E-state index is 0.299. The smallest absolute Gasteiger partial charge is 0.224 e. The summed E-state index contributed by atoms with van der Waals surface area (Å²) < 4.78 is 5.63. The average Bonchev–Trinajstić information content (AvgIpc) is 2.95. The van der Waals surface area contributed by atoms with Gasteiger partial charge < -0.3 is 10.1 Å². The molecule has 1 aliphatic heterocycles. The Labute approximate surface area is 121 Å². The first-order chi connectivity index (χ1) is 9.17. The van der Waals surface area contributed by atoms with Crippen LogP contribution in [0.5, 0.6) is 0 Å². The van der Waals surface area contributed by atoms with E-state index in [1.54, 1.807) is 11.3 Å². The summed E-state index contributed by atoms with van der Waals surface area (Å²) >= 11 is 3.54. The third-order valence-corrected chi connectivity index (χ3v) is 5.67. The van der Waals surface area contributed by atoms with Crippen molar-refractivity contribution in [3.8, 4) is 0 Å². The molecule has 0 spiro atoms. The number of anilines is 1. The van der Waals surface area contributed by atoms with Crippen LogP contribution in [0.4, 0.5) is 5.95 Å². The van der Waals surface area contributed by atoms with Gasteiger partial charge >= 0.3 is 0 Å². The largest absolute Gasteiger partial charge is 0.377 e. The maximum absolute atomic E-state index is 5.63. The van der Waals surface area contributed by atoms with Gasteiger partial charge in [0, 0.05) is 29.2 Å². The van der Waals surface area contributed by atoms with Crippen molar-refractivity contribution >= 4 is 39.3 Å². The van der Waals surface area contributed by atoms with Gasteiger partial charge in [-0.2, -0.15) is 0 Å². The molecular formula is C13H17N3OS2. The van der Waals surface area contributed by atoms with Gasteiger partial charge in [-0.3, -0.25) is 0 Å². The average molecular weight is 295 g/mol. The van der Waals surface area contributed by atoms with E-state index < -0.39 is 0 Å². The lowest BCUT2D eigenvalue weighted by Gasteiger charge is -2.13. The molecule has 1 saturated heterocycles. The first kappa shape index (κ1) is 13.1. The topological polar surface area (TPSA) is 47.0 Å². The van der Waals surface area contributed by atoms with Gasteiger partial charge in [-0.15, -0.1) is 11.3 Å². The fraction of sp³-hybridized carbons (Fsp3) is 0.538. The van der Waals surface area contributed by atoms with E-state index in [0.717, 1.165) is 22.9 Å². The van der Waals surface area contributed by atoms with Gasteiger partial charge in [-0.05, 0) is 26.3 Å². The molecule has 1 aliphatic rings. The molecule has 4 nitrogen and oxygen atoms in total. The highest BCUT2D eigenvalue weighted by molar-refractivity contribution is 8.00. The van der Waals surface area contributed by atoms with Crippen molar-refractivity contribution in [2.75, 3.05) is 19.0 Å². The molecule has 6 heteroatoms. The summed E-state index contributed by atoms with van der Waals surface area (Å²) in [4.78, 5) is 11.5. The van der Waals surface area contributed by atoms with Crippen molar-refractivity contribution in [3.63, 3.8) is 0 Å². The molecule has 0 aliphatic carbocycles. The van der Waals surface area contributed by atoms with E-state index in [9.17, 15) is 0 Å². The van der Waals surface area contributed by atoms with Crippen molar-refractivity contribution < 1.29 is 4.74 Å². The quantitative estimate of drug-likeness (QED) is 0.880. The highest BCUT2D eigenvalue weighted by Crippen LogP contribution is 2.37. The van der Waals surface area contributed by atoms with Crippen LogP contribution in [-0.4, -0.2) is 35.0 Å². The first-order valence-electron chi connectivity index (χ1n) is 6.41.